The van der Waals surface area contributed by atoms with E-state index in [-0.39, 0.29) is 0 Å². The molecule has 122 valence electrons. The first-order chi connectivity index (χ1) is 11.8. The van der Waals surface area contributed by atoms with Crippen LogP contribution in [0.2, 0.25) is 0 Å². The van der Waals surface area contributed by atoms with Gasteiger partial charge in [-0.1, -0.05) is 60.7 Å². The maximum Gasteiger partial charge on any atom is 0.343 e. The average Bonchev–Trinajstić information content (AvgIpc) is 3.16. The number of carbonyl (C=O) groups is 1. The Morgan fingerprint density at radius 3 is 1.92 bits per heavy atom. The smallest absolute Gasteiger partial charge is 0.343 e. The van der Waals surface area contributed by atoms with E-state index in [0.717, 1.165) is 11.1 Å². The van der Waals surface area contributed by atoms with E-state index < -0.39 is 18.2 Å². The highest BCUT2D eigenvalue weighted by molar-refractivity contribution is 7.08. The highest BCUT2D eigenvalue weighted by atomic mass is 32.1. The van der Waals surface area contributed by atoms with Crippen molar-refractivity contribution in [2.75, 3.05) is 0 Å². The highest BCUT2D eigenvalue weighted by Crippen LogP contribution is 2.29. The lowest BCUT2D eigenvalue weighted by atomic mass is 10.0. The molecule has 0 amide bonds. The van der Waals surface area contributed by atoms with Gasteiger partial charge in [0.05, 0.1) is 0 Å². The molecule has 0 aliphatic rings. The van der Waals surface area contributed by atoms with Gasteiger partial charge in [-0.3, -0.25) is 4.84 Å². The number of thiophene rings is 1. The van der Waals surface area contributed by atoms with Crippen molar-refractivity contribution in [3.05, 3.63) is 94.2 Å². The number of benzene rings is 2. The number of ether oxygens (including phenoxy) is 1. The van der Waals surface area contributed by atoms with Gasteiger partial charge in [-0.25, -0.2) is 10.7 Å². The normalized spacial score (nSPS) is 12.1. The van der Waals surface area contributed by atoms with Crippen LogP contribution in [0.5, 0.6) is 0 Å². The standard InChI is InChI=1S/C19H17NO3S/c20-23-18(16-11-12-24-13-16)19(21)22-17(14-7-3-1-4-8-14)15-9-5-2-6-10-15/h1-13,17-18H,20H2. The van der Waals surface area contributed by atoms with Crippen molar-refractivity contribution in [3.8, 4) is 0 Å². The molecule has 0 saturated heterocycles. The van der Waals surface area contributed by atoms with Gasteiger partial charge >= 0.3 is 5.97 Å². The molecule has 1 aromatic heterocycles. The number of rotatable bonds is 6. The maximum absolute atomic E-state index is 12.6. The summed E-state index contributed by atoms with van der Waals surface area (Å²) >= 11 is 1.47. The Morgan fingerprint density at radius 1 is 0.875 bits per heavy atom. The largest absolute Gasteiger partial charge is 0.450 e. The van der Waals surface area contributed by atoms with Crippen LogP contribution in [0.25, 0.3) is 0 Å². The number of carbonyl (C=O) groups excluding carboxylic acids is 1. The Hall–Kier alpha value is -2.47. The Kier molecular flexibility index (Phi) is 5.38. The zero-order chi connectivity index (χ0) is 16.8. The zero-order valence-corrected chi connectivity index (χ0v) is 13.7. The van der Waals surface area contributed by atoms with Crippen LogP contribution >= 0.6 is 11.3 Å². The van der Waals surface area contributed by atoms with Crippen molar-refractivity contribution >= 4 is 17.3 Å². The summed E-state index contributed by atoms with van der Waals surface area (Å²) in [7, 11) is 0. The average molecular weight is 339 g/mol. The summed E-state index contributed by atoms with van der Waals surface area (Å²) in [4.78, 5) is 17.5. The van der Waals surface area contributed by atoms with E-state index in [2.05, 4.69) is 0 Å². The molecule has 0 spiro atoms. The van der Waals surface area contributed by atoms with Crippen molar-refractivity contribution in [1.29, 1.82) is 0 Å². The third-order valence-electron chi connectivity index (χ3n) is 3.63. The van der Waals surface area contributed by atoms with Crippen LogP contribution in [-0.2, 0) is 14.4 Å². The molecule has 5 heteroatoms. The first-order valence-electron chi connectivity index (χ1n) is 7.47. The molecule has 1 unspecified atom stereocenters. The quantitative estimate of drug-likeness (QED) is 0.544. The predicted octanol–water partition coefficient (Wildman–Crippen LogP) is 4.01. The van der Waals surface area contributed by atoms with Gasteiger partial charge < -0.3 is 4.74 Å². The van der Waals surface area contributed by atoms with Crippen LogP contribution in [0.15, 0.2) is 77.5 Å². The molecule has 2 aromatic carbocycles. The Labute approximate surface area is 144 Å². The molecule has 3 aromatic rings. The second-order valence-electron chi connectivity index (χ2n) is 5.21. The van der Waals surface area contributed by atoms with Gasteiger partial charge in [0, 0.05) is 5.56 Å². The summed E-state index contributed by atoms with van der Waals surface area (Å²) in [5.74, 6) is 4.80. The number of nitrogens with two attached hydrogens (primary N) is 1. The lowest BCUT2D eigenvalue weighted by Gasteiger charge is -2.21. The molecule has 0 radical (unpaired) electrons. The van der Waals surface area contributed by atoms with E-state index in [4.69, 9.17) is 15.5 Å². The molecule has 0 aliphatic heterocycles. The summed E-state index contributed by atoms with van der Waals surface area (Å²) in [5.41, 5.74) is 2.46. The van der Waals surface area contributed by atoms with Gasteiger partial charge in [0.1, 0.15) is 0 Å². The van der Waals surface area contributed by atoms with Crippen LogP contribution in [0, 0.1) is 0 Å². The lowest BCUT2D eigenvalue weighted by Crippen LogP contribution is -2.23. The second kappa shape index (κ2) is 7.88. The van der Waals surface area contributed by atoms with E-state index in [1.54, 1.807) is 6.07 Å². The van der Waals surface area contributed by atoms with Crippen LogP contribution < -0.4 is 5.90 Å². The van der Waals surface area contributed by atoms with Gasteiger partial charge in [0.2, 0.25) is 6.10 Å². The Morgan fingerprint density at radius 2 is 1.46 bits per heavy atom. The lowest BCUT2D eigenvalue weighted by molar-refractivity contribution is -0.162. The summed E-state index contributed by atoms with van der Waals surface area (Å²) in [6.45, 7) is 0. The molecule has 24 heavy (non-hydrogen) atoms. The predicted molar refractivity (Wildman–Crippen MR) is 93.2 cm³/mol. The first kappa shape index (κ1) is 16.4. The number of esters is 1. The molecule has 0 bridgehead atoms. The van der Waals surface area contributed by atoms with E-state index in [0.29, 0.717) is 5.56 Å². The maximum atomic E-state index is 12.6. The molecular weight excluding hydrogens is 322 g/mol. The zero-order valence-electron chi connectivity index (χ0n) is 12.9. The van der Waals surface area contributed by atoms with Crippen LogP contribution in [0.1, 0.15) is 28.9 Å². The minimum atomic E-state index is -0.939. The third-order valence-corrected chi connectivity index (χ3v) is 4.34. The molecule has 2 N–H and O–H groups in total. The van der Waals surface area contributed by atoms with Crippen molar-refractivity contribution in [3.63, 3.8) is 0 Å². The van der Waals surface area contributed by atoms with E-state index in [9.17, 15) is 4.79 Å². The van der Waals surface area contributed by atoms with E-state index in [1.165, 1.54) is 11.3 Å². The Balaban J connectivity index is 1.88. The molecule has 1 atom stereocenters. The minimum Gasteiger partial charge on any atom is -0.450 e. The molecular formula is C19H17NO3S. The van der Waals surface area contributed by atoms with Crippen molar-refractivity contribution in [2.24, 2.45) is 5.90 Å². The molecule has 0 saturated carbocycles. The van der Waals surface area contributed by atoms with Gasteiger partial charge in [-0.2, -0.15) is 11.3 Å². The molecule has 0 fully saturated rings. The van der Waals surface area contributed by atoms with E-state index >= 15 is 0 Å². The van der Waals surface area contributed by atoms with Gasteiger partial charge in [0.25, 0.3) is 0 Å². The van der Waals surface area contributed by atoms with Crippen LogP contribution in [0.3, 0.4) is 0 Å². The van der Waals surface area contributed by atoms with Crippen molar-refractivity contribution < 1.29 is 14.4 Å². The number of hydrogen-bond acceptors (Lipinski definition) is 5. The summed E-state index contributed by atoms with van der Waals surface area (Å²) in [6.07, 6.45) is -1.46. The highest BCUT2D eigenvalue weighted by Gasteiger charge is 2.27. The molecule has 4 nitrogen and oxygen atoms in total. The topological polar surface area (TPSA) is 61.5 Å². The number of hydrogen-bond donors (Lipinski definition) is 1. The molecule has 1 heterocycles. The summed E-state index contributed by atoms with van der Waals surface area (Å²) < 4.78 is 5.76. The first-order valence-corrected chi connectivity index (χ1v) is 8.42. The van der Waals surface area contributed by atoms with Crippen molar-refractivity contribution in [1.82, 2.24) is 0 Å². The van der Waals surface area contributed by atoms with Gasteiger partial charge in [-0.15, -0.1) is 0 Å². The van der Waals surface area contributed by atoms with E-state index in [1.807, 2.05) is 71.4 Å². The SMILES string of the molecule is NOC(C(=O)OC(c1ccccc1)c1ccccc1)c1ccsc1. The monoisotopic (exact) mass is 339 g/mol. The van der Waals surface area contributed by atoms with Crippen LogP contribution in [-0.4, -0.2) is 5.97 Å². The molecule has 3 rings (SSSR count). The van der Waals surface area contributed by atoms with Gasteiger partial charge in [-0.05, 0) is 28.0 Å². The minimum absolute atomic E-state index is 0.517. The third kappa shape index (κ3) is 3.71. The summed E-state index contributed by atoms with van der Waals surface area (Å²) in [6, 6.07) is 21.0. The summed E-state index contributed by atoms with van der Waals surface area (Å²) in [5, 5.41) is 3.68. The second-order valence-corrected chi connectivity index (χ2v) is 5.99. The fourth-order valence-corrected chi connectivity index (χ4v) is 3.13. The van der Waals surface area contributed by atoms with Crippen molar-refractivity contribution in [2.45, 2.75) is 12.2 Å². The fraction of sp³-hybridized carbons (Fsp3) is 0.105. The van der Waals surface area contributed by atoms with Gasteiger partial charge in [0.15, 0.2) is 6.10 Å². The molecule has 0 aliphatic carbocycles. The Bertz CT molecular complexity index is 720. The fourth-order valence-electron chi connectivity index (χ4n) is 2.46. The van der Waals surface area contributed by atoms with Crippen LogP contribution in [0.4, 0.5) is 0 Å².